The van der Waals surface area contributed by atoms with Gasteiger partial charge in [0.05, 0.1) is 0 Å². The van der Waals surface area contributed by atoms with Crippen LogP contribution in [0, 0.1) is 6.92 Å². The first-order valence-electron chi connectivity index (χ1n) is 7.74. The lowest BCUT2D eigenvalue weighted by molar-refractivity contribution is -0.131. The van der Waals surface area contributed by atoms with Crippen molar-refractivity contribution in [2.45, 2.75) is 53.0 Å². The smallest absolute Gasteiger partial charge is 0.328 e. The minimum absolute atomic E-state index is 0.460. The minimum atomic E-state index is -0.915. The van der Waals surface area contributed by atoms with Gasteiger partial charge in [-0.15, -0.1) is 0 Å². The van der Waals surface area contributed by atoms with Gasteiger partial charge in [-0.25, -0.2) is 4.79 Å². The van der Waals surface area contributed by atoms with Crippen LogP contribution in [0.4, 0.5) is 5.69 Å². The summed E-state index contributed by atoms with van der Waals surface area (Å²) in [6.07, 6.45) is 6.52. The number of benzene rings is 1. The van der Waals surface area contributed by atoms with Crippen molar-refractivity contribution in [1.82, 2.24) is 0 Å². The first-order chi connectivity index (χ1) is 9.95. The van der Waals surface area contributed by atoms with Gasteiger partial charge < -0.3 is 10.0 Å². The molecule has 116 valence electrons. The molecule has 0 heterocycles. The number of anilines is 1. The highest BCUT2D eigenvalue weighted by atomic mass is 16.4. The maximum Gasteiger partial charge on any atom is 0.328 e. The van der Waals surface area contributed by atoms with Gasteiger partial charge in [0.25, 0.3) is 0 Å². The van der Waals surface area contributed by atoms with E-state index in [9.17, 15) is 4.79 Å². The largest absolute Gasteiger partial charge is 0.478 e. The molecule has 0 aliphatic heterocycles. The van der Waals surface area contributed by atoms with E-state index in [1.54, 1.807) is 6.08 Å². The van der Waals surface area contributed by atoms with Crippen molar-refractivity contribution in [3.8, 4) is 0 Å². The highest BCUT2D eigenvalue weighted by Gasteiger charge is 2.11. The van der Waals surface area contributed by atoms with Gasteiger partial charge in [0.1, 0.15) is 0 Å². The van der Waals surface area contributed by atoms with Crippen molar-refractivity contribution in [2.75, 3.05) is 11.4 Å². The van der Waals surface area contributed by atoms with E-state index < -0.39 is 5.97 Å². The molecule has 0 aromatic heterocycles. The normalized spacial score (nSPS) is 11.3. The van der Waals surface area contributed by atoms with Crippen LogP contribution in [0.3, 0.4) is 0 Å². The summed E-state index contributed by atoms with van der Waals surface area (Å²) >= 11 is 0. The molecule has 0 radical (unpaired) electrons. The van der Waals surface area contributed by atoms with Crippen LogP contribution in [-0.2, 0) is 4.79 Å². The van der Waals surface area contributed by atoms with Gasteiger partial charge in [-0.2, -0.15) is 0 Å². The van der Waals surface area contributed by atoms with Crippen molar-refractivity contribution < 1.29 is 9.90 Å². The molecule has 1 aromatic rings. The maximum absolute atomic E-state index is 10.6. The number of carboxylic acids is 1. The van der Waals surface area contributed by atoms with Crippen molar-refractivity contribution in [3.63, 3.8) is 0 Å². The van der Waals surface area contributed by atoms with Crippen molar-refractivity contribution in [2.24, 2.45) is 0 Å². The monoisotopic (exact) mass is 289 g/mol. The summed E-state index contributed by atoms with van der Waals surface area (Å²) in [7, 11) is 0. The SMILES string of the molecule is CCCCCN(c1ccc(C=CC(=O)O)c(C)c1)C(C)C. The van der Waals surface area contributed by atoms with E-state index in [4.69, 9.17) is 5.11 Å². The lowest BCUT2D eigenvalue weighted by atomic mass is 10.1. The van der Waals surface area contributed by atoms with Crippen LogP contribution in [0.2, 0.25) is 0 Å². The molecule has 0 bridgehead atoms. The standard InChI is InChI=1S/C18H27NO2/c1-5-6-7-12-19(14(2)3)17-10-8-16(15(4)13-17)9-11-18(20)21/h8-11,13-14H,5-7,12H2,1-4H3,(H,20,21). The third-order valence-electron chi connectivity index (χ3n) is 3.62. The minimum Gasteiger partial charge on any atom is -0.478 e. The molecule has 1 rings (SSSR count). The summed E-state index contributed by atoms with van der Waals surface area (Å²) in [6, 6.07) is 6.69. The van der Waals surface area contributed by atoms with E-state index in [-0.39, 0.29) is 0 Å². The Bertz CT molecular complexity index is 492. The van der Waals surface area contributed by atoms with Crippen LogP contribution in [0.15, 0.2) is 24.3 Å². The molecule has 0 saturated carbocycles. The fourth-order valence-corrected chi connectivity index (χ4v) is 2.40. The lowest BCUT2D eigenvalue weighted by Crippen LogP contribution is -2.31. The van der Waals surface area contributed by atoms with E-state index in [2.05, 4.69) is 37.8 Å². The molecule has 1 N–H and O–H groups in total. The van der Waals surface area contributed by atoms with Crippen LogP contribution in [-0.4, -0.2) is 23.7 Å². The van der Waals surface area contributed by atoms with Gasteiger partial charge in [0.15, 0.2) is 0 Å². The molecule has 0 aliphatic rings. The van der Waals surface area contributed by atoms with Crippen LogP contribution in [0.25, 0.3) is 6.08 Å². The molecule has 0 fully saturated rings. The van der Waals surface area contributed by atoms with Gasteiger partial charge in [-0.3, -0.25) is 0 Å². The summed E-state index contributed by atoms with van der Waals surface area (Å²) < 4.78 is 0. The Labute approximate surface area is 128 Å². The summed E-state index contributed by atoms with van der Waals surface area (Å²) in [5.74, 6) is -0.915. The zero-order valence-corrected chi connectivity index (χ0v) is 13.6. The van der Waals surface area contributed by atoms with Gasteiger partial charge in [0, 0.05) is 24.4 Å². The number of aryl methyl sites for hydroxylation is 1. The Hall–Kier alpha value is -1.77. The Balaban J connectivity index is 2.90. The zero-order chi connectivity index (χ0) is 15.8. The van der Waals surface area contributed by atoms with E-state index >= 15 is 0 Å². The molecule has 0 atom stereocenters. The second-order valence-corrected chi connectivity index (χ2v) is 5.71. The fraction of sp³-hybridized carbons (Fsp3) is 0.500. The van der Waals surface area contributed by atoms with Gasteiger partial charge >= 0.3 is 5.97 Å². The molecule has 0 saturated heterocycles. The predicted octanol–water partition coefficient (Wildman–Crippen LogP) is 4.50. The van der Waals surface area contributed by atoms with Crippen molar-refractivity contribution >= 4 is 17.7 Å². The average Bonchev–Trinajstić information content (AvgIpc) is 2.41. The molecule has 21 heavy (non-hydrogen) atoms. The Morgan fingerprint density at radius 3 is 2.57 bits per heavy atom. The molecule has 1 aromatic carbocycles. The molecule has 0 unspecified atom stereocenters. The van der Waals surface area contributed by atoms with E-state index in [0.717, 1.165) is 17.7 Å². The van der Waals surface area contributed by atoms with E-state index in [0.29, 0.717) is 6.04 Å². The number of nitrogens with zero attached hydrogens (tertiary/aromatic N) is 1. The highest BCUT2D eigenvalue weighted by molar-refractivity contribution is 5.85. The number of carbonyl (C=O) groups is 1. The Morgan fingerprint density at radius 2 is 2.05 bits per heavy atom. The topological polar surface area (TPSA) is 40.5 Å². The van der Waals surface area contributed by atoms with Crippen LogP contribution >= 0.6 is 0 Å². The zero-order valence-electron chi connectivity index (χ0n) is 13.6. The molecular weight excluding hydrogens is 262 g/mol. The second-order valence-electron chi connectivity index (χ2n) is 5.71. The number of unbranched alkanes of at least 4 members (excludes halogenated alkanes) is 2. The fourth-order valence-electron chi connectivity index (χ4n) is 2.40. The lowest BCUT2D eigenvalue weighted by Gasteiger charge is -2.29. The molecule has 0 amide bonds. The number of hydrogen-bond donors (Lipinski definition) is 1. The summed E-state index contributed by atoms with van der Waals surface area (Å²) in [5, 5.41) is 8.71. The first kappa shape index (κ1) is 17.3. The number of rotatable bonds is 8. The molecular formula is C18H27NO2. The van der Waals surface area contributed by atoms with Crippen molar-refractivity contribution in [3.05, 3.63) is 35.4 Å². The Morgan fingerprint density at radius 1 is 1.33 bits per heavy atom. The van der Waals surface area contributed by atoms with Crippen LogP contribution in [0.1, 0.15) is 51.2 Å². The second kappa shape index (κ2) is 8.50. The number of aliphatic carboxylic acids is 1. The third-order valence-corrected chi connectivity index (χ3v) is 3.62. The molecule has 0 aliphatic carbocycles. The highest BCUT2D eigenvalue weighted by Crippen LogP contribution is 2.22. The number of hydrogen-bond acceptors (Lipinski definition) is 2. The van der Waals surface area contributed by atoms with E-state index in [1.165, 1.54) is 31.0 Å². The molecule has 0 spiro atoms. The summed E-state index contributed by atoms with van der Waals surface area (Å²) in [4.78, 5) is 13.0. The third kappa shape index (κ3) is 5.62. The number of carboxylic acid groups (broad SMARTS) is 1. The molecule has 3 heteroatoms. The average molecular weight is 289 g/mol. The van der Waals surface area contributed by atoms with Crippen molar-refractivity contribution in [1.29, 1.82) is 0 Å². The summed E-state index contributed by atoms with van der Waals surface area (Å²) in [5.41, 5.74) is 3.27. The van der Waals surface area contributed by atoms with Gasteiger partial charge in [-0.1, -0.05) is 25.8 Å². The molecule has 3 nitrogen and oxygen atoms in total. The first-order valence-corrected chi connectivity index (χ1v) is 7.74. The predicted molar refractivity (Wildman–Crippen MR) is 89.9 cm³/mol. The van der Waals surface area contributed by atoms with Gasteiger partial charge in [-0.05, 0) is 56.5 Å². The quantitative estimate of drug-likeness (QED) is 0.566. The van der Waals surface area contributed by atoms with Gasteiger partial charge in [0.2, 0.25) is 0 Å². The van der Waals surface area contributed by atoms with E-state index in [1.807, 2.05) is 13.0 Å². The van der Waals surface area contributed by atoms with Crippen LogP contribution in [0.5, 0.6) is 0 Å². The van der Waals surface area contributed by atoms with Crippen LogP contribution < -0.4 is 4.90 Å². The Kier molecular flexibility index (Phi) is 7.00. The maximum atomic E-state index is 10.6. The summed E-state index contributed by atoms with van der Waals surface area (Å²) in [6.45, 7) is 9.72.